The van der Waals surface area contributed by atoms with E-state index in [1.165, 1.54) is 0 Å². The molecule has 0 fully saturated rings. The normalized spacial score (nSPS) is 11.3. The Morgan fingerprint density at radius 3 is 2.00 bits per heavy atom. The van der Waals surface area contributed by atoms with Crippen molar-refractivity contribution in [3.8, 4) is 0 Å². The van der Waals surface area contributed by atoms with Crippen molar-refractivity contribution in [2.45, 2.75) is 19.9 Å². The molecule has 0 aliphatic rings. The highest BCUT2D eigenvalue weighted by atomic mass is 32.2. The first kappa shape index (κ1) is 17.3. The summed E-state index contributed by atoms with van der Waals surface area (Å²) in [4.78, 5) is 13.8. The Hall–Kier alpha value is -1.76. The highest BCUT2D eigenvalue weighted by molar-refractivity contribution is 7.92. The van der Waals surface area contributed by atoms with Gasteiger partial charge < -0.3 is 10.2 Å². The van der Waals surface area contributed by atoms with E-state index in [4.69, 9.17) is 0 Å². The van der Waals surface area contributed by atoms with Gasteiger partial charge in [0.25, 0.3) is 0 Å². The first-order chi connectivity index (χ1) is 9.61. The van der Waals surface area contributed by atoms with Gasteiger partial charge >= 0.3 is 0 Å². The van der Waals surface area contributed by atoms with Crippen molar-refractivity contribution in [2.24, 2.45) is 0 Å². The van der Waals surface area contributed by atoms with Gasteiger partial charge in [-0.3, -0.25) is 9.10 Å². The van der Waals surface area contributed by atoms with Crippen molar-refractivity contribution >= 4 is 27.3 Å². The second-order valence-electron chi connectivity index (χ2n) is 5.40. The summed E-state index contributed by atoms with van der Waals surface area (Å²) in [6, 6.07) is 6.98. The van der Waals surface area contributed by atoms with Gasteiger partial charge in [0, 0.05) is 25.8 Å². The van der Waals surface area contributed by atoms with E-state index >= 15 is 0 Å². The summed E-state index contributed by atoms with van der Waals surface area (Å²) in [6.07, 6.45) is 1.09. The number of amides is 1. The number of carbonyl (C=O) groups is 1. The van der Waals surface area contributed by atoms with Crippen LogP contribution in [0.2, 0.25) is 0 Å². The van der Waals surface area contributed by atoms with Gasteiger partial charge in [-0.05, 0) is 38.1 Å². The van der Waals surface area contributed by atoms with Crippen LogP contribution in [0.3, 0.4) is 0 Å². The van der Waals surface area contributed by atoms with E-state index in [-0.39, 0.29) is 18.5 Å². The number of hydrogen-bond acceptors (Lipinski definition) is 4. The van der Waals surface area contributed by atoms with Crippen LogP contribution >= 0.6 is 0 Å². The van der Waals surface area contributed by atoms with Crippen LogP contribution in [0.1, 0.15) is 13.8 Å². The van der Waals surface area contributed by atoms with Gasteiger partial charge in [-0.25, -0.2) is 8.42 Å². The fraction of sp³-hybridized carbons (Fsp3) is 0.500. The molecule has 21 heavy (non-hydrogen) atoms. The Labute approximate surface area is 126 Å². The van der Waals surface area contributed by atoms with Gasteiger partial charge in [0.1, 0.15) is 6.54 Å². The summed E-state index contributed by atoms with van der Waals surface area (Å²) >= 11 is 0. The monoisotopic (exact) mass is 313 g/mol. The summed E-state index contributed by atoms with van der Waals surface area (Å²) in [5, 5.41) is 2.69. The van der Waals surface area contributed by atoms with Crippen LogP contribution in [0.5, 0.6) is 0 Å². The predicted molar refractivity (Wildman–Crippen MR) is 86.2 cm³/mol. The molecule has 0 heterocycles. The van der Waals surface area contributed by atoms with Gasteiger partial charge in [-0.2, -0.15) is 0 Å². The molecule has 1 rings (SSSR count). The van der Waals surface area contributed by atoms with Gasteiger partial charge in [0.05, 0.1) is 11.9 Å². The molecule has 1 aromatic carbocycles. The minimum absolute atomic E-state index is 0.0324. The Morgan fingerprint density at radius 2 is 1.62 bits per heavy atom. The summed E-state index contributed by atoms with van der Waals surface area (Å²) in [6.45, 7) is 3.43. The highest BCUT2D eigenvalue weighted by Crippen LogP contribution is 2.21. The lowest BCUT2D eigenvalue weighted by molar-refractivity contribution is -0.120. The van der Waals surface area contributed by atoms with Crippen LogP contribution in [0.25, 0.3) is 0 Å². The van der Waals surface area contributed by atoms with Crippen molar-refractivity contribution in [2.75, 3.05) is 36.1 Å². The Morgan fingerprint density at radius 1 is 1.14 bits per heavy atom. The first-order valence-corrected chi connectivity index (χ1v) is 8.50. The van der Waals surface area contributed by atoms with Crippen molar-refractivity contribution in [1.29, 1.82) is 0 Å². The quantitative estimate of drug-likeness (QED) is 0.852. The molecule has 0 aromatic heterocycles. The van der Waals surface area contributed by atoms with E-state index in [0.29, 0.717) is 5.69 Å². The molecule has 0 radical (unpaired) electrons. The van der Waals surface area contributed by atoms with Crippen LogP contribution in [-0.2, 0) is 14.8 Å². The average molecular weight is 313 g/mol. The summed E-state index contributed by atoms with van der Waals surface area (Å²) < 4.78 is 24.9. The lowest BCUT2D eigenvalue weighted by atomic mass is 10.2. The van der Waals surface area contributed by atoms with Crippen LogP contribution in [-0.4, -0.2) is 47.3 Å². The van der Waals surface area contributed by atoms with E-state index in [2.05, 4.69) is 5.32 Å². The van der Waals surface area contributed by atoms with Crippen molar-refractivity contribution in [1.82, 2.24) is 5.32 Å². The predicted octanol–water partition coefficient (Wildman–Crippen LogP) is 1.04. The molecule has 0 aliphatic heterocycles. The van der Waals surface area contributed by atoms with Gasteiger partial charge in [-0.15, -0.1) is 0 Å². The number of nitrogens with zero attached hydrogens (tertiary/aromatic N) is 2. The largest absolute Gasteiger partial charge is 0.378 e. The zero-order valence-electron chi connectivity index (χ0n) is 13.1. The molecule has 0 spiro atoms. The van der Waals surface area contributed by atoms with Crippen LogP contribution < -0.4 is 14.5 Å². The van der Waals surface area contributed by atoms with E-state index in [0.717, 1.165) is 16.2 Å². The molecule has 7 heteroatoms. The van der Waals surface area contributed by atoms with Crippen molar-refractivity contribution in [3.63, 3.8) is 0 Å². The fourth-order valence-electron chi connectivity index (χ4n) is 1.82. The molecule has 118 valence electrons. The molecule has 6 nitrogen and oxygen atoms in total. The second-order valence-corrected chi connectivity index (χ2v) is 7.31. The average Bonchev–Trinajstić information content (AvgIpc) is 2.34. The van der Waals surface area contributed by atoms with E-state index in [9.17, 15) is 13.2 Å². The third kappa shape index (κ3) is 5.26. The summed E-state index contributed by atoms with van der Waals surface area (Å²) in [5.74, 6) is -0.327. The van der Waals surface area contributed by atoms with Crippen LogP contribution in [0, 0.1) is 0 Å². The Kier molecular flexibility index (Phi) is 5.60. The number of rotatable bonds is 6. The number of nitrogens with one attached hydrogen (secondary N) is 1. The number of anilines is 2. The highest BCUT2D eigenvalue weighted by Gasteiger charge is 2.21. The van der Waals surface area contributed by atoms with Crippen LogP contribution in [0.4, 0.5) is 11.4 Å². The van der Waals surface area contributed by atoms with Gasteiger partial charge in [0.2, 0.25) is 15.9 Å². The fourth-order valence-corrected chi connectivity index (χ4v) is 2.67. The lowest BCUT2D eigenvalue weighted by Gasteiger charge is -2.23. The van der Waals surface area contributed by atoms with Crippen LogP contribution in [0.15, 0.2) is 24.3 Å². The van der Waals surface area contributed by atoms with Gasteiger partial charge in [-0.1, -0.05) is 0 Å². The maximum atomic E-state index is 11.9. The molecule has 0 unspecified atom stereocenters. The molecular formula is C14H23N3O3S. The van der Waals surface area contributed by atoms with Crippen molar-refractivity contribution < 1.29 is 13.2 Å². The first-order valence-electron chi connectivity index (χ1n) is 6.65. The molecule has 0 aliphatic carbocycles. The SMILES string of the molecule is CC(C)NC(=O)CN(c1ccc(N(C)C)cc1)S(C)(=O)=O. The maximum absolute atomic E-state index is 11.9. The zero-order valence-corrected chi connectivity index (χ0v) is 13.9. The number of hydrogen-bond donors (Lipinski definition) is 1. The molecule has 0 bridgehead atoms. The second kappa shape index (κ2) is 6.80. The molecule has 1 N–H and O–H groups in total. The third-order valence-corrected chi connectivity index (χ3v) is 3.93. The topological polar surface area (TPSA) is 69.7 Å². The number of benzene rings is 1. The minimum atomic E-state index is -3.52. The lowest BCUT2D eigenvalue weighted by Crippen LogP contribution is -2.42. The smallest absolute Gasteiger partial charge is 0.240 e. The summed E-state index contributed by atoms with van der Waals surface area (Å²) in [5.41, 5.74) is 1.43. The van der Waals surface area contributed by atoms with E-state index < -0.39 is 10.0 Å². The third-order valence-electron chi connectivity index (χ3n) is 2.79. The van der Waals surface area contributed by atoms with Crippen molar-refractivity contribution in [3.05, 3.63) is 24.3 Å². The zero-order chi connectivity index (χ0) is 16.2. The summed E-state index contributed by atoms with van der Waals surface area (Å²) in [7, 11) is 0.281. The molecule has 1 amide bonds. The standard InChI is InChI=1S/C14H23N3O3S/c1-11(2)15-14(18)10-17(21(5,19)20)13-8-6-12(7-9-13)16(3)4/h6-9,11H,10H2,1-5H3,(H,15,18). The minimum Gasteiger partial charge on any atom is -0.378 e. The molecular weight excluding hydrogens is 290 g/mol. The Balaban J connectivity index is 3.01. The molecule has 0 atom stereocenters. The molecule has 1 aromatic rings. The number of sulfonamides is 1. The van der Waals surface area contributed by atoms with E-state index in [1.54, 1.807) is 12.1 Å². The molecule has 0 saturated carbocycles. The Bertz CT molecular complexity index is 580. The van der Waals surface area contributed by atoms with Gasteiger partial charge in [0.15, 0.2) is 0 Å². The number of carbonyl (C=O) groups excluding carboxylic acids is 1. The van der Waals surface area contributed by atoms with E-state index in [1.807, 2.05) is 45.0 Å². The maximum Gasteiger partial charge on any atom is 0.240 e. The molecule has 0 saturated heterocycles.